The van der Waals surface area contributed by atoms with Gasteiger partial charge in [-0.2, -0.15) is 0 Å². The lowest BCUT2D eigenvalue weighted by molar-refractivity contribution is -0.137. The number of carbonyl (C=O) groups is 2. The van der Waals surface area contributed by atoms with Gasteiger partial charge in [0.25, 0.3) is 0 Å². The van der Waals surface area contributed by atoms with Gasteiger partial charge in [-0.3, -0.25) is 9.69 Å². The normalized spacial score (nSPS) is 19.4. The van der Waals surface area contributed by atoms with Gasteiger partial charge in [0.1, 0.15) is 0 Å². The Kier molecular flexibility index (Phi) is 6.78. The highest BCUT2D eigenvalue weighted by molar-refractivity contribution is 5.74. The maximum Gasteiger partial charge on any atom is 0.317 e. The number of carboxylic acid groups (broad SMARTS) is 1. The van der Waals surface area contributed by atoms with Crippen LogP contribution in [0.15, 0.2) is 0 Å². The second-order valence-corrected chi connectivity index (χ2v) is 5.56. The maximum absolute atomic E-state index is 12.0. The minimum atomic E-state index is -0.826. The van der Waals surface area contributed by atoms with Gasteiger partial charge in [0.2, 0.25) is 0 Å². The Hall–Kier alpha value is -1.30. The summed E-state index contributed by atoms with van der Waals surface area (Å²) in [6.45, 7) is 9.52. The van der Waals surface area contributed by atoms with Crippen molar-refractivity contribution in [1.29, 1.82) is 0 Å². The Morgan fingerprint density at radius 2 is 1.80 bits per heavy atom. The second-order valence-electron chi connectivity index (χ2n) is 5.56. The highest BCUT2D eigenvalue weighted by atomic mass is 16.4. The molecule has 2 atom stereocenters. The Bertz CT molecular complexity index is 328. The minimum absolute atomic E-state index is 0.0771. The first-order valence-corrected chi connectivity index (χ1v) is 7.45. The van der Waals surface area contributed by atoms with Gasteiger partial charge in [-0.05, 0) is 26.7 Å². The molecule has 0 spiro atoms. The van der Waals surface area contributed by atoms with Gasteiger partial charge in [-0.15, -0.1) is 0 Å². The molecule has 116 valence electrons. The van der Waals surface area contributed by atoms with Gasteiger partial charge < -0.3 is 15.3 Å². The SMILES string of the molecule is CCC(C)N1CCN(C(=O)NC(C)CCC(=O)O)CC1. The molecule has 0 saturated carbocycles. The molecule has 1 saturated heterocycles. The molecular weight excluding hydrogens is 258 g/mol. The van der Waals surface area contributed by atoms with Crippen LogP contribution in [0.1, 0.15) is 40.0 Å². The van der Waals surface area contributed by atoms with Crippen LogP contribution in [0.5, 0.6) is 0 Å². The molecule has 0 bridgehead atoms. The van der Waals surface area contributed by atoms with Crippen molar-refractivity contribution in [1.82, 2.24) is 15.1 Å². The number of rotatable bonds is 6. The van der Waals surface area contributed by atoms with E-state index in [0.717, 1.165) is 32.6 Å². The molecule has 1 aliphatic rings. The van der Waals surface area contributed by atoms with Gasteiger partial charge >= 0.3 is 12.0 Å². The Labute approximate surface area is 121 Å². The van der Waals surface area contributed by atoms with E-state index < -0.39 is 5.97 Å². The number of urea groups is 1. The van der Waals surface area contributed by atoms with Gasteiger partial charge in [0.05, 0.1) is 0 Å². The molecule has 2 amide bonds. The van der Waals surface area contributed by atoms with Crippen molar-refractivity contribution >= 4 is 12.0 Å². The number of amides is 2. The molecule has 20 heavy (non-hydrogen) atoms. The van der Waals surface area contributed by atoms with Crippen LogP contribution in [0, 0.1) is 0 Å². The first-order chi connectivity index (χ1) is 9.43. The number of carbonyl (C=O) groups excluding carboxylic acids is 1. The quantitative estimate of drug-likeness (QED) is 0.773. The number of hydrogen-bond donors (Lipinski definition) is 2. The van der Waals surface area contributed by atoms with Crippen molar-refractivity contribution in [2.24, 2.45) is 0 Å². The predicted molar refractivity (Wildman–Crippen MR) is 77.8 cm³/mol. The lowest BCUT2D eigenvalue weighted by Gasteiger charge is -2.38. The highest BCUT2D eigenvalue weighted by Crippen LogP contribution is 2.09. The lowest BCUT2D eigenvalue weighted by Crippen LogP contribution is -2.54. The van der Waals surface area contributed by atoms with Crippen molar-refractivity contribution < 1.29 is 14.7 Å². The number of piperazine rings is 1. The van der Waals surface area contributed by atoms with Crippen LogP contribution in [0.2, 0.25) is 0 Å². The van der Waals surface area contributed by atoms with Gasteiger partial charge in [-0.1, -0.05) is 6.92 Å². The van der Waals surface area contributed by atoms with E-state index >= 15 is 0 Å². The molecule has 6 nitrogen and oxygen atoms in total. The smallest absolute Gasteiger partial charge is 0.317 e. The van der Waals surface area contributed by atoms with Crippen LogP contribution >= 0.6 is 0 Å². The topological polar surface area (TPSA) is 72.9 Å². The zero-order chi connectivity index (χ0) is 15.1. The van der Waals surface area contributed by atoms with Crippen LogP contribution < -0.4 is 5.32 Å². The summed E-state index contributed by atoms with van der Waals surface area (Å²) in [7, 11) is 0. The third kappa shape index (κ3) is 5.36. The Balaban J connectivity index is 2.30. The molecule has 1 aliphatic heterocycles. The summed E-state index contributed by atoms with van der Waals surface area (Å²) in [5.41, 5.74) is 0. The van der Waals surface area contributed by atoms with E-state index in [9.17, 15) is 9.59 Å². The van der Waals surface area contributed by atoms with Gasteiger partial charge in [0, 0.05) is 44.7 Å². The summed E-state index contributed by atoms with van der Waals surface area (Å²) in [6, 6.07) is 0.382. The Morgan fingerprint density at radius 1 is 1.20 bits per heavy atom. The van der Waals surface area contributed by atoms with Gasteiger partial charge in [0.15, 0.2) is 0 Å². The number of carboxylic acids is 1. The minimum Gasteiger partial charge on any atom is -0.481 e. The average Bonchev–Trinajstić information content (AvgIpc) is 2.44. The number of nitrogens with zero attached hydrogens (tertiary/aromatic N) is 2. The summed E-state index contributed by atoms with van der Waals surface area (Å²) in [5, 5.41) is 11.5. The summed E-state index contributed by atoms with van der Waals surface area (Å²) in [6.07, 6.45) is 1.68. The van der Waals surface area contributed by atoms with E-state index in [1.165, 1.54) is 0 Å². The molecule has 0 aromatic rings. The highest BCUT2D eigenvalue weighted by Gasteiger charge is 2.23. The summed E-state index contributed by atoms with van der Waals surface area (Å²) in [4.78, 5) is 26.8. The van der Waals surface area contributed by atoms with E-state index in [-0.39, 0.29) is 18.5 Å². The average molecular weight is 285 g/mol. The van der Waals surface area contributed by atoms with Crippen molar-refractivity contribution in [2.75, 3.05) is 26.2 Å². The molecule has 0 radical (unpaired) electrons. The van der Waals surface area contributed by atoms with Crippen molar-refractivity contribution in [3.63, 3.8) is 0 Å². The first-order valence-electron chi connectivity index (χ1n) is 7.45. The van der Waals surface area contributed by atoms with E-state index in [1.807, 2.05) is 11.8 Å². The molecule has 0 aromatic carbocycles. The molecule has 6 heteroatoms. The molecular formula is C14H27N3O3. The van der Waals surface area contributed by atoms with Crippen molar-refractivity contribution in [3.8, 4) is 0 Å². The maximum atomic E-state index is 12.0. The Morgan fingerprint density at radius 3 is 2.30 bits per heavy atom. The zero-order valence-corrected chi connectivity index (χ0v) is 12.8. The van der Waals surface area contributed by atoms with Crippen molar-refractivity contribution in [3.05, 3.63) is 0 Å². The van der Waals surface area contributed by atoms with Crippen molar-refractivity contribution in [2.45, 2.75) is 52.1 Å². The molecule has 1 heterocycles. The van der Waals surface area contributed by atoms with Crippen LogP contribution in [-0.2, 0) is 4.79 Å². The largest absolute Gasteiger partial charge is 0.481 e. The molecule has 2 N–H and O–H groups in total. The fraction of sp³-hybridized carbons (Fsp3) is 0.857. The van der Waals surface area contributed by atoms with E-state index in [1.54, 1.807) is 0 Å². The molecule has 1 rings (SSSR count). The molecule has 0 aliphatic carbocycles. The standard InChI is InChI=1S/C14H27N3O3/c1-4-12(3)16-7-9-17(10-8-16)14(20)15-11(2)5-6-13(18)19/h11-12H,4-10H2,1-3H3,(H,15,20)(H,18,19). The molecule has 1 fully saturated rings. The van der Waals surface area contributed by atoms with Gasteiger partial charge in [-0.25, -0.2) is 4.79 Å². The molecule has 2 unspecified atom stereocenters. The zero-order valence-electron chi connectivity index (χ0n) is 12.8. The first kappa shape index (κ1) is 16.8. The van der Waals surface area contributed by atoms with Crippen LogP contribution in [0.25, 0.3) is 0 Å². The fourth-order valence-corrected chi connectivity index (χ4v) is 2.34. The van der Waals surface area contributed by atoms with E-state index in [4.69, 9.17) is 5.11 Å². The fourth-order valence-electron chi connectivity index (χ4n) is 2.34. The molecule has 0 aromatic heterocycles. The summed E-state index contributed by atoms with van der Waals surface area (Å²) >= 11 is 0. The lowest BCUT2D eigenvalue weighted by atomic mass is 10.2. The third-order valence-corrected chi connectivity index (χ3v) is 3.98. The van der Waals surface area contributed by atoms with E-state index in [2.05, 4.69) is 24.1 Å². The van der Waals surface area contributed by atoms with Crippen LogP contribution in [-0.4, -0.2) is 65.2 Å². The number of hydrogen-bond acceptors (Lipinski definition) is 3. The monoisotopic (exact) mass is 285 g/mol. The third-order valence-electron chi connectivity index (χ3n) is 3.98. The number of nitrogens with one attached hydrogen (secondary N) is 1. The van der Waals surface area contributed by atoms with Crippen LogP contribution in [0.3, 0.4) is 0 Å². The summed E-state index contributed by atoms with van der Waals surface area (Å²) < 4.78 is 0. The predicted octanol–water partition coefficient (Wildman–Crippen LogP) is 1.37. The summed E-state index contributed by atoms with van der Waals surface area (Å²) in [5.74, 6) is -0.826. The number of aliphatic carboxylic acids is 1. The second kappa shape index (κ2) is 8.09. The van der Waals surface area contributed by atoms with Crippen LogP contribution in [0.4, 0.5) is 4.79 Å². The van der Waals surface area contributed by atoms with E-state index in [0.29, 0.717) is 12.5 Å².